The molecule has 0 saturated heterocycles. The molecule has 0 fully saturated rings. The fraction of sp³-hybridized carbons (Fsp3) is 0.188. The van der Waals surface area contributed by atoms with Crippen LogP contribution in [0.4, 0.5) is 0 Å². The van der Waals surface area contributed by atoms with Gasteiger partial charge in [0.1, 0.15) is 5.15 Å². The van der Waals surface area contributed by atoms with E-state index in [2.05, 4.69) is 46.4 Å². The van der Waals surface area contributed by atoms with Crippen LogP contribution in [0.15, 0.2) is 36.5 Å². The third-order valence-corrected chi connectivity index (χ3v) is 4.93. The van der Waals surface area contributed by atoms with Gasteiger partial charge in [-0.05, 0) is 40.6 Å². The molecule has 3 rings (SSSR count). The maximum Gasteiger partial charge on any atom is 0.161 e. The van der Waals surface area contributed by atoms with Crippen LogP contribution >= 0.6 is 34.2 Å². The third-order valence-electron chi connectivity index (χ3n) is 3.27. The van der Waals surface area contributed by atoms with Gasteiger partial charge in [-0.1, -0.05) is 43.6 Å². The van der Waals surface area contributed by atoms with Gasteiger partial charge in [0.05, 0.1) is 14.8 Å². The highest BCUT2D eigenvalue weighted by atomic mass is 127. The normalized spacial score (nSPS) is 11.3. The Labute approximate surface area is 141 Å². The fourth-order valence-electron chi connectivity index (χ4n) is 2.23. The highest BCUT2D eigenvalue weighted by Crippen LogP contribution is 2.30. The third kappa shape index (κ3) is 2.74. The molecule has 3 nitrogen and oxygen atoms in total. The minimum Gasteiger partial charge on any atom is -0.256 e. The van der Waals surface area contributed by atoms with Gasteiger partial charge in [-0.25, -0.2) is 9.97 Å². The van der Waals surface area contributed by atoms with E-state index in [0.717, 1.165) is 25.7 Å². The van der Waals surface area contributed by atoms with Crippen molar-refractivity contribution in [1.82, 2.24) is 15.0 Å². The number of rotatable bonds is 2. The molecule has 21 heavy (non-hydrogen) atoms. The van der Waals surface area contributed by atoms with E-state index in [9.17, 15) is 0 Å². The molecule has 0 aliphatic rings. The van der Waals surface area contributed by atoms with Gasteiger partial charge < -0.3 is 0 Å². The fourth-order valence-corrected chi connectivity index (χ4v) is 3.27. The van der Waals surface area contributed by atoms with Crippen molar-refractivity contribution in [3.63, 3.8) is 0 Å². The largest absolute Gasteiger partial charge is 0.256 e. The number of halogens is 2. The maximum atomic E-state index is 6.29. The van der Waals surface area contributed by atoms with Crippen molar-refractivity contribution >= 4 is 45.1 Å². The van der Waals surface area contributed by atoms with E-state index < -0.39 is 0 Å². The van der Waals surface area contributed by atoms with Gasteiger partial charge in [0.15, 0.2) is 5.82 Å². The number of benzene rings is 1. The van der Waals surface area contributed by atoms with Crippen molar-refractivity contribution in [2.75, 3.05) is 0 Å². The van der Waals surface area contributed by atoms with Crippen molar-refractivity contribution in [3.8, 4) is 11.4 Å². The first-order chi connectivity index (χ1) is 10.1. The van der Waals surface area contributed by atoms with Crippen molar-refractivity contribution in [2.45, 2.75) is 19.8 Å². The number of nitrogens with zero attached hydrogens (tertiary/aromatic N) is 3. The van der Waals surface area contributed by atoms with Crippen LogP contribution in [0.25, 0.3) is 22.3 Å². The number of pyridine rings is 1. The molecule has 0 N–H and O–H groups in total. The van der Waals surface area contributed by atoms with Gasteiger partial charge in [0.25, 0.3) is 0 Å². The lowest BCUT2D eigenvalue weighted by Crippen LogP contribution is -2.03. The highest BCUT2D eigenvalue weighted by Gasteiger charge is 2.16. The Kier molecular flexibility index (Phi) is 4.08. The summed E-state index contributed by atoms with van der Waals surface area (Å²) in [5.74, 6) is 0.951. The summed E-state index contributed by atoms with van der Waals surface area (Å²) < 4.78 is 0.923. The quantitative estimate of drug-likeness (QED) is 0.438. The summed E-state index contributed by atoms with van der Waals surface area (Å²) >= 11 is 8.49. The van der Waals surface area contributed by atoms with E-state index in [0.29, 0.717) is 16.9 Å². The molecular formula is C16H13ClIN3. The second-order valence-electron chi connectivity index (χ2n) is 5.07. The molecule has 106 valence electrons. The predicted octanol–water partition coefficient (Wildman–Crippen LogP) is 5.07. The van der Waals surface area contributed by atoms with Crippen LogP contribution < -0.4 is 0 Å². The standard InChI is InChI=1S/C16H13ClIN3/c1-9(2)14-13(18)15(17)21-16(20-14)11-7-8-19-12-6-4-3-5-10(11)12/h3-9H,1-2H3. The summed E-state index contributed by atoms with van der Waals surface area (Å²) in [5, 5.41) is 1.54. The van der Waals surface area contributed by atoms with Gasteiger partial charge >= 0.3 is 0 Å². The van der Waals surface area contributed by atoms with Crippen LogP contribution in [-0.4, -0.2) is 15.0 Å². The zero-order valence-corrected chi connectivity index (χ0v) is 14.6. The zero-order chi connectivity index (χ0) is 15.0. The lowest BCUT2D eigenvalue weighted by Gasteiger charge is -2.12. The average Bonchev–Trinajstić information content (AvgIpc) is 2.49. The summed E-state index contributed by atoms with van der Waals surface area (Å²) in [6, 6.07) is 9.91. The monoisotopic (exact) mass is 409 g/mol. The van der Waals surface area contributed by atoms with E-state index in [1.54, 1.807) is 6.20 Å². The molecule has 2 aromatic heterocycles. The van der Waals surface area contributed by atoms with Crippen molar-refractivity contribution in [2.24, 2.45) is 0 Å². The van der Waals surface area contributed by atoms with Gasteiger partial charge in [0.2, 0.25) is 0 Å². The van der Waals surface area contributed by atoms with Crippen LogP contribution in [0.1, 0.15) is 25.5 Å². The second kappa shape index (κ2) is 5.85. The Hall–Kier alpha value is -1.27. The Bertz CT molecular complexity index is 812. The van der Waals surface area contributed by atoms with Gasteiger partial charge in [-0.15, -0.1) is 0 Å². The summed E-state index contributed by atoms with van der Waals surface area (Å²) in [6.07, 6.45) is 1.78. The van der Waals surface area contributed by atoms with E-state index in [4.69, 9.17) is 16.6 Å². The van der Waals surface area contributed by atoms with Crippen molar-refractivity contribution in [1.29, 1.82) is 0 Å². The maximum absolute atomic E-state index is 6.29. The Morgan fingerprint density at radius 1 is 1.10 bits per heavy atom. The smallest absolute Gasteiger partial charge is 0.161 e. The second-order valence-corrected chi connectivity index (χ2v) is 6.50. The van der Waals surface area contributed by atoms with Crippen molar-refractivity contribution < 1.29 is 0 Å². The number of aromatic nitrogens is 3. The molecule has 1 aromatic carbocycles. The highest BCUT2D eigenvalue weighted by molar-refractivity contribution is 14.1. The number of para-hydroxylation sites is 1. The van der Waals surface area contributed by atoms with E-state index in [1.165, 1.54) is 0 Å². The first kappa shape index (κ1) is 14.7. The van der Waals surface area contributed by atoms with Crippen LogP contribution in [-0.2, 0) is 0 Å². The summed E-state index contributed by atoms with van der Waals surface area (Å²) in [4.78, 5) is 13.6. The average molecular weight is 410 g/mol. The Morgan fingerprint density at radius 2 is 1.86 bits per heavy atom. The summed E-state index contributed by atoms with van der Waals surface area (Å²) in [6.45, 7) is 4.21. The number of hydrogen-bond donors (Lipinski definition) is 0. The molecule has 0 amide bonds. The molecule has 0 unspecified atom stereocenters. The van der Waals surface area contributed by atoms with Crippen LogP contribution in [0.5, 0.6) is 0 Å². The van der Waals surface area contributed by atoms with E-state index in [-0.39, 0.29) is 0 Å². The molecule has 0 radical (unpaired) electrons. The first-order valence-corrected chi connectivity index (χ1v) is 8.10. The molecule has 0 bridgehead atoms. The van der Waals surface area contributed by atoms with Crippen LogP contribution in [0.2, 0.25) is 5.15 Å². The molecule has 3 aromatic rings. The predicted molar refractivity (Wildman–Crippen MR) is 94.6 cm³/mol. The van der Waals surface area contributed by atoms with Gasteiger partial charge in [-0.3, -0.25) is 4.98 Å². The molecule has 0 aliphatic carbocycles. The minimum atomic E-state index is 0.296. The Balaban J connectivity index is 2.28. The van der Waals surface area contributed by atoms with Gasteiger partial charge in [0, 0.05) is 17.1 Å². The van der Waals surface area contributed by atoms with E-state index in [1.807, 2.05) is 30.3 Å². The minimum absolute atomic E-state index is 0.296. The zero-order valence-electron chi connectivity index (χ0n) is 11.6. The Morgan fingerprint density at radius 3 is 2.62 bits per heavy atom. The SMILES string of the molecule is CC(C)c1nc(-c2ccnc3ccccc23)nc(Cl)c1I. The molecule has 0 spiro atoms. The first-order valence-electron chi connectivity index (χ1n) is 6.65. The topological polar surface area (TPSA) is 38.7 Å². The van der Waals surface area contributed by atoms with Gasteiger partial charge in [-0.2, -0.15) is 0 Å². The van der Waals surface area contributed by atoms with Crippen LogP contribution in [0, 0.1) is 3.57 Å². The summed E-state index contributed by atoms with van der Waals surface area (Å²) in [5.41, 5.74) is 2.87. The number of hydrogen-bond acceptors (Lipinski definition) is 3. The number of fused-ring (bicyclic) bond motifs is 1. The molecule has 5 heteroatoms. The van der Waals surface area contributed by atoms with Crippen LogP contribution in [0.3, 0.4) is 0 Å². The molecule has 2 heterocycles. The van der Waals surface area contributed by atoms with Crippen molar-refractivity contribution in [3.05, 3.63) is 50.9 Å². The molecular weight excluding hydrogens is 397 g/mol. The van der Waals surface area contributed by atoms with E-state index >= 15 is 0 Å². The lowest BCUT2D eigenvalue weighted by molar-refractivity contribution is 0.808. The molecule has 0 saturated carbocycles. The molecule has 0 aliphatic heterocycles. The molecule has 0 atom stereocenters. The summed E-state index contributed by atoms with van der Waals surface area (Å²) in [7, 11) is 0. The lowest BCUT2D eigenvalue weighted by atomic mass is 10.1.